The van der Waals surface area contributed by atoms with E-state index in [1.54, 1.807) is 26.0 Å². The molecule has 0 saturated heterocycles. The van der Waals surface area contributed by atoms with Crippen molar-refractivity contribution in [3.63, 3.8) is 0 Å². The van der Waals surface area contributed by atoms with Crippen LogP contribution in [-0.4, -0.2) is 42.3 Å². The highest BCUT2D eigenvalue weighted by Crippen LogP contribution is 2.43. The van der Waals surface area contributed by atoms with Crippen molar-refractivity contribution < 1.29 is 28.6 Å². The van der Waals surface area contributed by atoms with Crippen molar-refractivity contribution in [3.8, 4) is 0 Å². The number of hydrogen-bond donors (Lipinski definition) is 2. The first-order chi connectivity index (χ1) is 16.2. The van der Waals surface area contributed by atoms with Gasteiger partial charge in [0.1, 0.15) is 17.8 Å². The molecule has 8 nitrogen and oxygen atoms in total. The summed E-state index contributed by atoms with van der Waals surface area (Å²) in [5.41, 5.74) is 5.08. The first kappa shape index (κ1) is 28.4. The van der Waals surface area contributed by atoms with Gasteiger partial charge in [0.15, 0.2) is 0 Å². The molecule has 0 aliphatic heterocycles. The Balaban J connectivity index is 1.77. The highest BCUT2D eigenvalue weighted by Gasteiger charge is 2.42. The van der Waals surface area contributed by atoms with Crippen LogP contribution in [0.2, 0.25) is 0 Å². The maximum atomic E-state index is 12.7. The summed E-state index contributed by atoms with van der Waals surface area (Å²) in [6.45, 7) is 13.9. The lowest BCUT2D eigenvalue weighted by Crippen LogP contribution is -2.54. The lowest BCUT2D eigenvalue weighted by atomic mass is 9.64. The van der Waals surface area contributed by atoms with E-state index in [1.807, 2.05) is 25.1 Å². The second-order valence-electron chi connectivity index (χ2n) is 11.1. The third-order valence-electron chi connectivity index (χ3n) is 6.20. The number of benzene rings is 1. The highest BCUT2D eigenvalue weighted by atomic mass is 16.6. The summed E-state index contributed by atoms with van der Waals surface area (Å²) in [7, 11) is 0. The Hall–Kier alpha value is -2.87. The minimum atomic E-state index is -0.896. The molecular weight excluding hydrogens is 448 g/mol. The van der Waals surface area contributed by atoms with Crippen LogP contribution in [0.1, 0.15) is 65.9 Å². The molecule has 35 heavy (non-hydrogen) atoms. The normalized spacial score (nSPS) is 21.5. The molecule has 1 amide bonds. The third kappa shape index (κ3) is 9.36. The van der Waals surface area contributed by atoms with Crippen LogP contribution in [-0.2, 0) is 30.4 Å². The monoisotopic (exact) mass is 488 g/mol. The van der Waals surface area contributed by atoms with Crippen molar-refractivity contribution in [2.24, 2.45) is 17.1 Å². The quantitative estimate of drug-likeness (QED) is 0.166. The zero-order chi connectivity index (χ0) is 26.3. The van der Waals surface area contributed by atoms with E-state index < -0.39 is 29.2 Å². The van der Waals surface area contributed by atoms with Crippen LogP contribution in [0.25, 0.3) is 0 Å². The molecule has 1 aromatic carbocycles. The Morgan fingerprint density at radius 2 is 1.71 bits per heavy atom. The first-order valence-corrected chi connectivity index (χ1v) is 12.0. The Bertz CT molecular complexity index is 912. The average molecular weight is 489 g/mol. The molecule has 8 heteroatoms. The fourth-order valence-electron chi connectivity index (χ4n) is 4.90. The molecule has 1 aliphatic rings. The molecule has 2 unspecified atom stereocenters. The van der Waals surface area contributed by atoms with Crippen molar-refractivity contribution in [1.82, 2.24) is 5.32 Å². The third-order valence-corrected chi connectivity index (χ3v) is 6.20. The average Bonchev–Trinajstić information content (AvgIpc) is 2.75. The molecule has 0 heterocycles. The van der Waals surface area contributed by atoms with Crippen LogP contribution < -0.4 is 11.1 Å². The fourth-order valence-corrected chi connectivity index (χ4v) is 4.90. The van der Waals surface area contributed by atoms with Crippen LogP contribution in [0, 0.1) is 11.3 Å². The standard InChI is InChI=1S/C27H40N2O6/c1-19(23(31)34-17-20-10-8-7-9-11-20)22(30)33-13-12-26(4,5)35-24(32)29-27(6)15-21(16-28)14-25(2,3)18-27/h7-11,21H,1,12-18,28H2,2-6H3,(H,29,32). The zero-order valence-electron chi connectivity index (χ0n) is 21.6. The highest BCUT2D eigenvalue weighted by molar-refractivity contribution is 6.13. The topological polar surface area (TPSA) is 117 Å². The molecule has 1 fully saturated rings. The maximum absolute atomic E-state index is 12.7. The van der Waals surface area contributed by atoms with E-state index in [2.05, 4.69) is 25.7 Å². The van der Waals surface area contributed by atoms with Crippen LogP contribution in [0.3, 0.4) is 0 Å². The van der Waals surface area contributed by atoms with E-state index in [1.165, 1.54) is 0 Å². The van der Waals surface area contributed by atoms with Crippen LogP contribution in [0.5, 0.6) is 0 Å². The number of carbonyl (C=O) groups is 3. The van der Waals surface area contributed by atoms with Gasteiger partial charge in [-0.3, -0.25) is 0 Å². The van der Waals surface area contributed by atoms with Gasteiger partial charge in [-0.25, -0.2) is 14.4 Å². The van der Waals surface area contributed by atoms with Gasteiger partial charge in [-0.05, 0) is 63.5 Å². The summed E-state index contributed by atoms with van der Waals surface area (Å²) < 4.78 is 15.9. The van der Waals surface area contributed by atoms with E-state index in [9.17, 15) is 14.4 Å². The van der Waals surface area contributed by atoms with Gasteiger partial charge in [0, 0.05) is 12.0 Å². The van der Waals surface area contributed by atoms with Crippen LogP contribution in [0.15, 0.2) is 42.5 Å². The second-order valence-corrected chi connectivity index (χ2v) is 11.1. The number of alkyl carbamates (subject to hydrolysis) is 1. The van der Waals surface area contributed by atoms with Gasteiger partial charge in [-0.2, -0.15) is 0 Å². The fraction of sp³-hybridized carbons (Fsp3) is 0.593. The number of rotatable bonds is 10. The molecule has 0 aromatic heterocycles. The maximum Gasteiger partial charge on any atom is 0.408 e. The molecule has 2 atom stereocenters. The Labute approximate surface area is 208 Å². The lowest BCUT2D eigenvalue weighted by molar-refractivity contribution is -0.148. The van der Waals surface area contributed by atoms with Gasteiger partial charge in [0.25, 0.3) is 0 Å². The minimum Gasteiger partial charge on any atom is -0.462 e. The Kier molecular flexibility index (Phi) is 9.49. The molecular formula is C27H40N2O6. The van der Waals surface area contributed by atoms with Crippen molar-refractivity contribution in [1.29, 1.82) is 0 Å². The molecule has 2 rings (SSSR count). The van der Waals surface area contributed by atoms with Gasteiger partial charge < -0.3 is 25.3 Å². The van der Waals surface area contributed by atoms with E-state index in [4.69, 9.17) is 19.9 Å². The second kappa shape index (κ2) is 11.7. The number of ether oxygens (including phenoxy) is 3. The minimum absolute atomic E-state index is 0.0318. The largest absolute Gasteiger partial charge is 0.462 e. The molecule has 0 radical (unpaired) electrons. The van der Waals surface area contributed by atoms with Crippen molar-refractivity contribution in [2.45, 2.75) is 78.0 Å². The van der Waals surface area contributed by atoms with Gasteiger partial charge in [0.05, 0.1) is 6.61 Å². The van der Waals surface area contributed by atoms with E-state index in [0.29, 0.717) is 12.5 Å². The van der Waals surface area contributed by atoms with E-state index in [0.717, 1.165) is 24.8 Å². The predicted octanol–water partition coefficient (Wildman–Crippen LogP) is 4.27. The summed E-state index contributed by atoms with van der Waals surface area (Å²) in [6, 6.07) is 9.11. The molecule has 3 N–H and O–H groups in total. The summed E-state index contributed by atoms with van der Waals surface area (Å²) >= 11 is 0. The van der Waals surface area contributed by atoms with Gasteiger partial charge in [-0.1, -0.05) is 50.8 Å². The predicted molar refractivity (Wildman–Crippen MR) is 133 cm³/mol. The summed E-state index contributed by atoms with van der Waals surface area (Å²) in [4.78, 5) is 36.9. The van der Waals surface area contributed by atoms with Crippen molar-refractivity contribution in [3.05, 3.63) is 48.0 Å². The zero-order valence-corrected chi connectivity index (χ0v) is 21.6. The lowest BCUT2D eigenvalue weighted by Gasteiger charge is -2.46. The van der Waals surface area contributed by atoms with Gasteiger partial charge in [-0.15, -0.1) is 0 Å². The molecule has 1 saturated carbocycles. The molecule has 0 bridgehead atoms. The number of nitrogens with one attached hydrogen (secondary N) is 1. The van der Waals surface area contributed by atoms with Gasteiger partial charge in [0.2, 0.25) is 0 Å². The van der Waals surface area contributed by atoms with Crippen molar-refractivity contribution >= 4 is 18.0 Å². The number of amides is 1. The number of nitrogens with two attached hydrogens (primary N) is 1. The molecule has 1 aromatic rings. The summed E-state index contributed by atoms with van der Waals surface area (Å²) in [5, 5.41) is 3.03. The molecule has 194 valence electrons. The Morgan fingerprint density at radius 3 is 2.34 bits per heavy atom. The summed E-state index contributed by atoms with van der Waals surface area (Å²) in [6.07, 6.45) is 2.37. The van der Waals surface area contributed by atoms with Crippen LogP contribution >= 0.6 is 0 Å². The number of esters is 2. The van der Waals surface area contributed by atoms with E-state index >= 15 is 0 Å². The number of hydrogen-bond acceptors (Lipinski definition) is 7. The smallest absolute Gasteiger partial charge is 0.408 e. The Morgan fingerprint density at radius 1 is 1.09 bits per heavy atom. The number of carbonyl (C=O) groups excluding carboxylic acids is 3. The van der Waals surface area contributed by atoms with E-state index in [-0.39, 0.29) is 30.6 Å². The summed E-state index contributed by atoms with van der Waals surface area (Å²) in [5.74, 6) is -1.37. The molecule has 0 spiro atoms. The first-order valence-electron chi connectivity index (χ1n) is 12.0. The van der Waals surface area contributed by atoms with Crippen LogP contribution in [0.4, 0.5) is 4.79 Å². The SMILES string of the molecule is C=C(C(=O)OCCC(C)(C)OC(=O)NC1(C)CC(CN)CC(C)(C)C1)C(=O)OCc1ccccc1. The molecule has 1 aliphatic carbocycles. The van der Waals surface area contributed by atoms with Crippen molar-refractivity contribution in [2.75, 3.05) is 13.2 Å². The van der Waals surface area contributed by atoms with Gasteiger partial charge >= 0.3 is 18.0 Å².